The quantitative estimate of drug-likeness (QED) is 0.762. The lowest BCUT2D eigenvalue weighted by Crippen LogP contribution is -2.33. The Bertz CT molecular complexity index is 994. The number of hydrogen-bond acceptors (Lipinski definition) is 6. The Morgan fingerprint density at radius 2 is 1.71 bits per heavy atom. The zero-order valence-corrected chi connectivity index (χ0v) is 16.1. The number of para-hydroxylation sites is 1. The smallest absolute Gasteiger partial charge is 0.278 e. The van der Waals surface area contributed by atoms with E-state index in [-0.39, 0.29) is 5.91 Å². The maximum Gasteiger partial charge on any atom is 0.278 e. The topological polar surface area (TPSA) is 77.4 Å². The molecule has 7 nitrogen and oxygen atoms in total. The number of oxime groups is 1. The molecule has 0 aromatic heterocycles. The van der Waals surface area contributed by atoms with Crippen molar-refractivity contribution < 1.29 is 23.9 Å². The fraction of sp³-hybridized carbons (Fsp3) is 0.286. The highest BCUT2D eigenvalue weighted by Crippen LogP contribution is 2.40. The van der Waals surface area contributed by atoms with Crippen LogP contribution in [0.25, 0.3) is 0 Å². The number of aryl methyl sites for hydroxylation is 2. The first-order chi connectivity index (χ1) is 13.5. The number of imide groups is 1. The summed E-state index contributed by atoms with van der Waals surface area (Å²) in [6, 6.07) is 10.9. The Balaban J connectivity index is 1.76. The molecule has 2 atom stereocenters. The van der Waals surface area contributed by atoms with E-state index in [9.17, 15) is 9.59 Å². The number of carbonyl (C=O) groups excluding carboxylic acids is 2. The fourth-order valence-electron chi connectivity index (χ4n) is 3.82. The molecular formula is C21H20N2O5. The number of benzene rings is 2. The van der Waals surface area contributed by atoms with Crippen molar-refractivity contribution in [1.82, 2.24) is 0 Å². The maximum absolute atomic E-state index is 13.2. The second-order valence-electron chi connectivity index (χ2n) is 6.88. The number of nitrogens with zero attached hydrogens (tertiary/aromatic N) is 2. The van der Waals surface area contributed by atoms with Crippen LogP contribution in [-0.2, 0) is 14.4 Å². The molecule has 7 heteroatoms. The minimum absolute atomic E-state index is 0.360. The SMILES string of the molecule is COc1cccc(C2=NO[C@@H]3C(=O)N(c4cc(C)cc(C)c4)C(=O)[C@H]23)c1OC. The first-order valence-corrected chi connectivity index (χ1v) is 8.87. The van der Waals surface area contributed by atoms with Crippen LogP contribution in [0.2, 0.25) is 0 Å². The van der Waals surface area contributed by atoms with E-state index in [1.165, 1.54) is 19.1 Å². The molecule has 0 bridgehead atoms. The Hall–Kier alpha value is -3.35. The van der Waals surface area contributed by atoms with Crippen LogP contribution >= 0.6 is 0 Å². The number of fused-ring (bicyclic) bond motifs is 1. The average molecular weight is 380 g/mol. The summed E-state index contributed by atoms with van der Waals surface area (Å²) < 4.78 is 10.8. The molecule has 4 rings (SSSR count). The third kappa shape index (κ3) is 2.62. The number of amides is 2. The van der Waals surface area contributed by atoms with Gasteiger partial charge in [-0.15, -0.1) is 0 Å². The predicted octanol–water partition coefficient (Wildman–Crippen LogP) is 2.61. The largest absolute Gasteiger partial charge is 0.493 e. The molecule has 0 aliphatic carbocycles. The van der Waals surface area contributed by atoms with Gasteiger partial charge >= 0.3 is 0 Å². The average Bonchev–Trinajstić information content (AvgIpc) is 3.20. The summed E-state index contributed by atoms with van der Waals surface area (Å²) in [4.78, 5) is 32.7. The fourth-order valence-corrected chi connectivity index (χ4v) is 3.82. The van der Waals surface area contributed by atoms with Crippen molar-refractivity contribution in [3.8, 4) is 11.5 Å². The van der Waals surface area contributed by atoms with Crippen LogP contribution in [0.1, 0.15) is 16.7 Å². The molecule has 0 N–H and O–H groups in total. The summed E-state index contributed by atoms with van der Waals surface area (Å²) >= 11 is 0. The standard InChI is InChI=1S/C21H20N2O5/c1-11-8-12(2)10-13(9-11)23-20(24)16-17(22-28-19(16)21(23)25)14-6-5-7-15(26-3)18(14)27-4/h5-10,16,19H,1-4H3/t16-,19+/m1/s1. The first-order valence-electron chi connectivity index (χ1n) is 8.87. The number of carbonyl (C=O) groups is 2. The zero-order valence-electron chi connectivity index (χ0n) is 16.1. The van der Waals surface area contributed by atoms with Gasteiger partial charge in [0.1, 0.15) is 11.6 Å². The Morgan fingerprint density at radius 1 is 1.00 bits per heavy atom. The van der Waals surface area contributed by atoms with Crippen LogP contribution in [0.15, 0.2) is 41.6 Å². The van der Waals surface area contributed by atoms with Gasteiger partial charge in [0.05, 0.1) is 19.9 Å². The Kier molecular flexibility index (Phi) is 4.30. The van der Waals surface area contributed by atoms with Gasteiger partial charge in [0.15, 0.2) is 11.5 Å². The van der Waals surface area contributed by atoms with Crippen LogP contribution in [0.3, 0.4) is 0 Å². The van der Waals surface area contributed by atoms with E-state index in [4.69, 9.17) is 14.3 Å². The van der Waals surface area contributed by atoms with Crippen LogP contribution in [-0.4, -0.2) is 37.8 Å². The third-order valence-electron chi connectivity index (χ3n) is 4.96. The van der Waals surface area contributed by atoms with Crippen LogP contribution in [0.4, 0.5) is 5.69 Å². The number of methoxy groups -OCH3 is 2. The third-order valence-corrected chi connectivity index (χ3v) is 4.96. The van der Waals surface area contributed by atoms with Crippen LogP contribution in [0.5, 0.6) is 11.5 Å². The highest BCUT2D eigenvalue weighted by atomic mass is 16.7. The molecule has 2 heterocycles. The van der Waals surface area contributed by atoms with Gasteiger partial charge in [0, 0.05) is 5.56 Å². The number of anilines is 1. The molecule has 28 heavy (non-hydrogen) atoms. The van der Waals surface area contributed by atoms with E-state index in [0.29, 0.717) is 28.5 Å². The van der Waals surface area contributed by atoms with E-state index in [1.807, 2.05) is 32.0 Å². The van der Waals surface area contributed by atoms with Gasteiger partial charge in [0.25, 0.3) is 5.91 Å². The number of ether oxygens (including phenoxy) is 2. The molecule has 2 aliphatic rings. The molecule has 0 radical (unpaired) electrons. The maximum atomic E-state index is 13.2. The van der Waals surface area contributed by atoms with Crippen molar-refractivity contribution >= 4 is 23.2 Å². The second-order valence-corrected chi connectivity index (χ2v) is 6.88. The summed E-state index contributed by atoms with van der Waals surface area (Å²) in [5.74, 6) is -0.650. The van der Waals surface area contributed by atoms with Crippen molar-refractivity contribution in [2.45, 2.75) is 20.0 Å². The minimum Gasteiger partial charge on any atom is -0.493 e. The summed E-state index contributed by atoms with van der Waals surface area (Å²) in [6.07, 6.45) is -0.973. The highest BCUT2D eigenvalue weighted by molar-refractivity contribution is 6.32. The summed E-state index contributed by atoms with van der Waals surface area (Å²) in [6.45, 7) is 3.85. The molecule has 0 spiro atoms. The summed E-state index contributed by atoms with van der Waals surface area (Å²) in [5, 5.41) is 4.05. The molecule has 2 amide bonds. The lowest BCUT2D eigenvalue weighted by Gasteiger charge is -2.17. The molecule has 0 unspecified atom stereocenters. The van der Waals surface area contributed by atoms with Gasteiger partial charge in [-0.05, 0) is 49.2 Å². The molecule has 1 fully saturated rings. The number of rotatable bonds is 4. The van der Waals surface area contributed by atoms with Crippen molar-refractivity contribution in [1.29, 1.82) is 0 Å². The van der Waals surface area contributed by atoms with Gasteiger partial charge in [-0.25, -0.2) is 4.90 Å². The molecule has 2 aromatic carbocycles. The van der Waals surface area contributed by atoms with Gasteiger partial charge in [-0.1, -0.05) is 17.3 Å². The van der Waals surface area contributed by atoms with Crippen molar-refractivity contribution in [2.24, 2.45) is 11.1 Å². The summed E-state index contributed by atoms with van der Waals surface area (Å²) in [5.41, 5.74) is 3.42. The van der Waals surface area contributed by atoms with Crippen molar-refractivity contribution in [3.05, 3.63) is 53.1 Å². The minimum atomic E-state index is -0.973. The van der Waals surface area contributed by atoms with E-state index < -0.39 is 17.9 Å². The van der Waals surface area contributed by atoms with Gasteiger partial charge < -0.3 is 14.3 Å². The van der Waals surface area contributed by atoms with Gasteiger partial charge in [-0.2, -0.15) is 0 Å². The van der Waals surface area contributed by atoms with Crippen LogP contribution < -0.4 is 14.4 Å². The zero-order chi connectivity index (χ0) is 20.0. The van der Waals surface area contributed by atoms with Gasteiger partial charge in [-0.3, -0.25) is 9.59 Å². The second kappa shape index (κ2) is 6.67. The lowest BCUT2D eigenvalue weighted by atomic mass is 9.93. The highest BCUT2D eigenvalue weighted by Gasteiger charge is 2.56. The first kappa shape index (κ1) is 18.0. The van der Waals surface area contributed by atoms with Crippen LogP contribution in [0, 0.1) is 19.8 Å². The van der Waals surface area contributed by atoms with Crippen molar-refractivity contribution in [2.75, 3.05) is 19.1 Å². The molecule has 2 aliphatic heterocycles. The molecule has 2 aromatic rings. The van der Waals surface area contributed by atoms with E-state index >= 15 is 0 Å². The normalized spacial score (nSPS) is 20.7. The van der Waals surface area contributed by atoms with E-state index in [0.717, 1.165) is 11.1 Å². The molecular weight excluding hydrogens is 360 g/mol. The van der Waals surface area contributed by atoms with Crippen molar-refractivity contribution in [3.63, 3.8) is 0 Å². The Morgan fingerprint density at radius 3 is 2.36 bits per heavy atom. The Labute approximate surface area is 162 Å². The predicted molar refractivity (Wildman–Crippen MR) is 103 cm³/mol. The molecule has 1 saturated heterocycles. The van der Waals surface area contributed by atoms with Gasteiger partial charge in [0.2, 0.25) is 12.0 Å². The summed E-state index contributed by atoms with van der Waals surface area (Å²) in [7, 11) is 3.04. The molecule has 0 saturated carbocycles. The van der Waals surface area contributed by atoms with E-state index in [2.05, 4.69) is 5.16 Å². The number of hydrogen-bond donors (Lipinski definition) is 0. The monoisotopic (exact) mass is 380 g/mol. The van der Waals surface area contributed by atoms with E-state index in [1.54, 1.807) is 18.2 Å². The molecule has 144 valence electrons. The lowest BCUT2D eigenvalue weighted by molar-refractivity contribution is -0.126.